The van der Waals surface area contributed by atoms with Crippen molar-refractivity contribution in [1.29, 1.82) is 0 Å². The Bertz CT molecular complexity index is 554. The summed E-state index contributed by atoms with van der Waals surface area (Å²) in [6.07, 6.45) is 3.31. The molecule has 0 atom stereocenters. The third-order valence-corrected chi connectivity index (χ3v) is 5.13. The van der Waals surface area contributed by atoms with Gasteiger partial charge in [-0.1, -0.05) is 25.5 Å². The van der Waals surface area contributed by atoms with Crippen LogP contribution in [0.15, 0.2) is 29.2 Å². The highest BCUT2D eigenvalue weighted by molar-refractivity contribution is 7.91. The Morgan fingerprint density at radius 2 is 1.95 bits per heavy atom. The molecule has 3 nitrogen and oxygen atoms in total. The second kappa shape index (κ2) is 5.07. The van der Waals surface area contributed by atoms with Crippen molar-refractivity contribution in [2.24, 2.45) is 5.41 Å². The number of rotatable bonds is 5. The van der Waals surface area contributed by atoms with Crippen molar-refractivity contribution in [2.75, 3.05) is 11.9 Å². The van der Waals surface area contributed by atoms with Gasteiger partial charge in [-0.15, -0.1) is 0 Å². The van der Waals surface area contributed by atoms with Gasteiger partial charge >= 0.3 is 5.76 Å². The standard InChI is InChI=1S/C13H17F2NO2S/c1-13(7-4-8-13)9-16-10-5-2-3-6-11(10)19(17,18)12(14)15/h2-3,5-6,12,16H,4,7-9H2,1H3. The van der Waals surface area contributed by atoms with Crippen LogP contribution in [-0.4, -0.2) is 20.7 Å². The van der Waals surface area contributed by atoms with E-state index in [9.17, 15) is 17.2 Å². The zero-order valence-corrected chi connectivity index (χ0v) is 11.5. The molecule has 1 N–H and O–H groups in total. The Hall–Kier alpha value is -1.17. The van der Waals surface area contributed by atoms with E-state index in [1.807, 2.05) is 0 Å². The van der Waals surface area contributed by atoms with Crippen molar-refractivity contribution < 1.29 is 17.2 Å². The molecule has 0 aliphatic heterocycles. The molecule has 1 aliphatic carbocycles. The number of anilines is 1. The van der Waals surface area contributed by atoms with Crippen molar-refractivity contribution in [3.63, 3.8) is 0 Å². The lowest BCUT2D eigenvalue weighted by molar-refractivity contribution is 0.180. The molecule has 0 spiro atoms. The second-order valence-corrected chi connectivity index (χ2v) is 7.21. The fourth-order valence-electron chi connectivity index (χ4n) is 2.22. The third-order valence-electron chi connectivity index (χ3n) is 3.69. The predicted octanol–water partition coefficient (Wildman–Crippen LogP) is 3.29. The Balaban J connectivity index is 2.22. The van der Waals surface area contributed by atoms with E-state index in [2.05, 4.69) is 12.2 Å². The van der Waals surface area contributed by atoms with E-state index in [4.69, 9.17) is 0 Å². The van der Waals surface area contributed by atoms with Crippen LogP contribution >= 0.6 is 0 Å². The molecule has 0 amide bonds. The first-order valence-electron chi connectivity index (χ1n) is 6.20. The monoisotopic (exact) mass is 289 g/mol. The van der Waals surface area contributed by atoms with E-state index >= 15 is 0 Å². The summed E-state index contributed by atoms with van der Waals surface area (Å²) in [5.41, 5.74) is 0.401. The molecule has 6 heteroatoms. The summed E-state index contributed by atoms with van der Waals surface area (Å²) < 4.78 is 48.4. The first kappa shape index (κ1) is 14.2. The van der Waals surface area contributed by atoms with Crippen LogP contribution < -0.4 is 5.32 Å². The highest BCUT2D eigenvalue weighted by atomic mass is 32.2. The van der Waals surface area contributed by atoms with Crippen molar-refractivity contribution in [1.82, 2.24) is 0 Å². The summed E-state index contributed by atoms with van der Waals surface area (Å²) in [4.78, 5) is -0.326. The van der Waals surface area contributed by atoms with Crippen LogP contribution in [0.5, 0.6) is 0 Å². The Labute approximate surface area is 111 Å². The molecule has 1 aliphatic rings. The van der Waals surface area contributed by atoms with Gasteiger partial charge in [-0.3, -0.25) is 0 Å². The minimum Gasteiger partial charge on any atom is -0.383 e. The molecule has 2 rings (SSSR count). The Kier molecular flexibility index (Phi) is 3.80. The molecular weight excluding hydrogens is 272 g/mol. The third kappa shape index (κ3) is 2.88. The number of nitrogens with one attached hydrogen (secondary N) is 1. The Morgan fingerprint density at radius 3 is 2.47 bits per heavy atom. The molecule has 1 aromatic rings. The van der Waals surface area contributed by atoms with Gasteiger partial charge in [-0.25, -0.2) is 8.42 Å². The van der Waals surface area contributed by atoms with E-state index in [1.165, 1.54) is 18.2 Å². The summed E-state index contributed by atoms with van der Waals surface area (Å²) >= 11 is 0. The SMILES string of the molecule is CC1(CNc2ccccc2S(=O)(=O)C(F)F)CCC1. The minimum atomic E-state index is -4.56. The van der Waals surface area contributed by atoms with E-state index in [0.717, 1.165) is 19.3 Å². The summed E-state index contributed by atoms with van der Waals surface area (Å²) in [6, 6.07) is 5.83. The predicted molar refractivity (Wildman–Crippen MR) is 70.1 cm³/mol. The van der Waals surface area contributed by atoms with Gasteiger partial charge in [-0.05, 0) is 30.4 Å². The number of halogens is 2. The highest BCUT2D eigenvalue weighted by Gasteiger charge is 2.33. The maximum Gasteiger partial charge on any atom is 0.341 e. The molecule has 1 aromatic carbocycles. The zero-order chi connectivity index (χ0) is 14.1. The largest absolute Gasteiger partial charge is 0.383 e. The van der Waals surface area contributed by atoms with Gasteiger partial charge in [0.05, 0.1) is 10.6 Å². The van der Waals surface area contributed by atoms with Crippen LogP contribution in [0.2, 0.25) is 0 Å². The van der Waals surface area contributed by atoms with Gasteiger partial charge in [-0.2, -0.15) is 8.78 Å². The van der Waals surface area contributed by atoms with Gasteiger partial charge in [0.25, 0.3) is 0 Å². The number of hydrogen-bond acceptors (Lipinski definition) is 3. The number of para-hydroxylation sites is 1. The minimum absolute atomic E-state index is 0.141. The van der Waals surface area contributed by atoms with Gasteiger partial charge in [0.2, 0.25) is 9.84 Å². The van der Waals surface area contributed by atoms with Crippen molar-refractivity contribution in [3.05, 3.63) is 24.3 Å². The van der Waals surface area contributed by atoms with Gasteiger partial charge in [0.1, 0.15) is 0 Å². The lowest BCUT2D eigenvalue weighted by atomic mass is 9.70. The molecular formula is C13H17F2NO2S. The molecule has 0 saturated heterocycles. The van der Waals surface area contributed by atoms with Crippen LogP contribution in [0, 0.1) is 5.41 Å². The number of benzene rings is 1. The normalized spacial score (nSPS) is 18.1. The molecule has 1 saturated carbocycles. The summed E-state index contributed by atoms with van der Waals surface area (Å²) in [7, 11) is -4.56. The number of sulfone groups is 1. The number of hydrogen-bond donors (Lipinski definition) is 1. The van der Waals surface area contributed by atoms with Crippen LogP contribution in [0.25, 0.3) is 0 Å². The van der Waals surface area contributed by atoms with Gasteiger partial charge in [0.15, 0.2) is 0 Å². The average Bonchev–Trinajstić information content (AvgIpc) is 2.34. The fraction of sp³-hybridized carbons (Fsp3) is 0.538. The molecule has 106 valence electrons. The van der Waals surface area contributed by atoms with Crippen LogP contribution in [0.3, 0.4) is 0 Å². The fourth-order valence-corrected chi connectivity index (χ4v) is 3.13. The van der Waals surface area contributed by atoms with Gasteiger partial charge in [0, 0.05) is 6.54 Å². The van der Waals surface area contributed by atoms with E-state index in [0.29, 0.717) is 6.54 Å². The Morgan fingerprint density at radius 1 is 1.32 bits per heavy atom. The zero-order valence-electron chi connectivity index (χ0n) is 10.7. The van der Waals surface area contributed by atoms with E-state index in [1.54, 1.807) is 6.07 Å². The maximum atomic E-state index is 12.6. The molecule has 0 heterocycles. The maximum absolute atomic E-state index is 12.6. The summed E-state index contributed by atoms with van der Waals surface area (Å²) in [6.45, 7) is 2.70. The molecule has 0 radical (unpaired) electrons. The molecule has 0 bridgehead atoms. The van der Waals surface area contributed by atoms with Crippen molar-refractivity contribution in [3.8, 4) is 0 Å². The lowest BCUT2D eigenvalue weighted by Crippen LogP contribution is -2.33. The van der Waals surface area contributed by atoms with E-state index in [-0.39, 0.29) is 16.0 Å². The van der Waals surface area contributed by atoms with Crippen molar-refractivity contribution >= 4 is 15.5 Å². The average molecular weight is 289 g/mol. The first-order valence-corrected chi connectivity index (χ1v) is 7.75. The molecule has 1 fully saturated rings. The van der Waals surface area contributed by atoms with Gasteiger partial charge < -0.3 is 5.32 Å². The van der Waals surface area contributed by atoms with Crippen LogP contribution in [-0.2, 0) is 9.84 Å². The van der Waals surface area contributed by atoms with E-state index < -0.39 is 15.6 Å². The lowest BCUT2D eigenvalue weighted by Gasteiger charge is -2.38. The van der Waals surface area contributed by atoms with Crippen molar-refractivity contribution in [2.45, 2.75) is 36.8 Å². The number of alkyl halides is 2. The molecule has 0 aromatic heterocycles. The summed E-state index contributed by atoms with van der Waals surface area (Å²) in [5, 5.41) is 3.00. The highest BCUT2D eigenvalue weighted by Crippen LogP contribution is 2.40. The smallest absolute Gasteiger partial charge is 0.341 e. The molecule has 19 heavy (non-hydrogen) atoms. The first-order chi connectivity index (χ1) is 8.85. The summed E-state index contributed by atoms with van der Waals surface area (Å²) in [5.74, 6) is -3.39. The quantitative estimate of drug-likeness (QED) is 0.904. The van der Waals surface area contributed by atoms with Crippen LogP contribution in [0.1, 0.15) is 26.2 Å². The molecule has 0 unspecified atom stereocenters. The van der Waals surface area contributed by atoms with Crippen LogP contribution in [0.4, 0.5) is 14.5 Å². The second-order valence-electron chi connectivity index (χ2n) is 5.32. The topological polar surface area (TPSA) is 46.2 Å².